The molecule has 11 heteroatoms. The summed E-state index contributed by atoms with van der Waals surface area (Å²) in [5.41, 5.74) is -0.259. The van der Waals surface area contributed by atoms with Crippen molar-refractivity contribution in [2.75, 3.05) is 13.4 Å². The zero-order valence-corrected chi connectivity index (χ0v) is 15.9. The third-order valence-electron chi connectivity index (χ3n) is 3.03. The van der Waals surface area contributed by atoms with E-state index in [4.69, 9.17) is 32.7 Å². The minimum atomic E-state index is -3.83. The van der Waals surface area contributed by atoms with Crippen molar-refractivity contribution in [3.8, 4) is 11.6 Å². The number of hydrogen-bond acceptors (Lipinski definition) is 6. The first-order chi connectivity index (χ1) is 12.1. The van der Waals surface area contributed by atoms with Crippen molar-refractivity contribution in [2.45, 2.75) is 6.61 Å². The largest absolute Gasteiger partial charge is 0.487 e. The number of nitrogens with zero attached hydrogens (tertiary/aromatic N) is 1. The van der Waals surface area contributed by atoms with Gasteiger partial charge in [-0.15, -0.1) is 0 Å². The SMILES string of the molecule is COc1ncc(OCc2cc(F)c(C(=O)NS(C)(=O)=O)cc2Cl)cc1Cl. The fourth-order valence-corrected chi connectivity index (χ4v) is 2.79. The monoisotopic (exact) mass is 422 g/mol. The maximum Gasteiger partial charge on any atom is 0.267 e. The molecule has 1 heterocycles. The molecule has 0 aliphatic carbocycles. The number of nitrogens with one attached hydrogen (secondary N) is 1. The Morgan fingerprint density at radius 3 is 2.54 bits per heavy atom. The third-order valence-corrected chi connectivity index (χ3v) is 4.21. The first-order valence-electron chi connectivity index (χ1n) is 6.93. The van der Waals surface area contributed by atoms with E-state index in [0.717, 1.165) is 18.4 Å². The minimum absolute atomic E-state index is 0.0256. The van der Waals surface area contributed by atoms with Crippen molar-refractivity contribution in [3.05, 3.63) is 51.4 Å². The van der Waals surface area contributed by atoms with Crippen LogP contribution in [-0.2, 0) is 16.6 Å². The lowest BCUT2D eigenvalue weighted by atomic mass is 10.1. The predicted molar refractivity (Wildman–Crippen MR) is 93.9 cm³/mol. The van der Waals surface area contributed by atoms with Crippen LogP contribution in [0.15, 0.2) is 24.4 Å². The molecule has 0 saturated heterocycles. The fourth-order valence-electron chi connectivity index (χ4n) is 1.89. The van der Waals surface area contributed by atoms with Gasteiger partial charge in [0.1, 0.15) is 23.2 Å². The first-order valence-corrected chi connectivity index (χ1v) is 9.58. The molecule has 7 nitrogen and oxygen atoms in total. The molecule has 0 saturated carbocycles. The number of benzene rings is 1. The zero-order chi connectivity index (χ0) is 19.5. The summed E-state index contributed by atoms with van der Waals surface area (Å²) in [6.07, 6.45) is 2.14. The zero-order valence-electron chi connectivity index (χ0n) is 13.5. The van der Waals surface area contributed by atoms with Crippen LogP contribution in [0.2, 0.25) is 10.0 Å². The molecule has 1 aromatic heterocycles. The Morgan fingerprint density at radius 2 is 1.96 bits per heavy atom. The Balaban J connectivity index is 2.17. The van der Waals surface area contributed by atoms with Crippen LogP contribution in [0, 0.1) is 5.82 Å². The molecule has 0 fully saturated rings. The summed E-state index contributed by atoms with van der Waals surface area (Å²) in [5, 5.41) is 0.257. The van der Waals surface area contributed by atoms with Gasteiger partial charge in [-0.3, -0.25) is 4.79 Å². The Bertz CT molecular complexity index is 953. The van der Waals surface area contributed by atoms with Crippen molar-refractivity contribution < 1.29 is 27.1 Å². The Kier molecular flexibility index (Phi) is 6.27. The highest BCUT2D eigenvalue weighted by Crippen LogP contribution is 2.27. The van der Waals surface area contributed by atoms with E-state index in [1.807, 2.05) is 0 Å². The van der Waals surface area contributed by atoms with E-state index < -0.39 is 27.3 Å². The molecule has 0 aliphatic heterocycles. The third kappa shape index (κ3) is 5.20. The average molecular weight is 423 g/mol. The molecular formula is C15H13Cl2FN2O5S. The topological polar surface area (TPSA) is 94.6 Å². The van der Waals surface area contributed by atoms with Gasteiger partial charge in [0.15, 0.2) is 0 Å². The van der Waals surface area contributed by atoms with E-state index in [1.165, 1.54) is 19.4 Å². The molecule has 0 spiro atoms. The van der Waals surface area contributed by atoms with Crippen LogP contribution in [0.3, 0.4) is 0 Å². The summed E-state index contributed by atoms with van der Waals surface area (Å²) >= 11 is 12.0. The summed E-state index contributed by atoms with van der Waals surface area (Å²) in [6.45, 7) is -0.131. The van der Waals surface area contributed by atoms with E-state index >= 15 is 0 Å². The average Bonchev–Trinajstić information content (AvgIpc) is 2.53. The molecule has 26 heavy (non-hydrogen) atoms. The lowest BCUT2D eigenvalue weighted by Crippen LogP contribution is -2.30. The molecule has 0 radical (unpaired) electrons. The second-order valence-electron chi connectivity index (χ2n) is 5.08. The van der Waals surface area contributed by atoms with E-state index in [9.17, 15) is 17.6 Å². The number of methoxy groups -OCH3 is 1. The van der Waals surface area contributed by atoms with Gasteiger partial charge in [-0.25, -0.2) is 22.5 Å². The van der Waals surface area contributed by atoms with E-state index in [0.29, 0.717) is 5.75 Å². The maximum atomic E-state index is 14.1. The summed E-state index contributed by atoms with van der Waals surface area (Å²) in [6, 6.07) is 3.47. The van der Waals surface area contributed by atoms with Gasteiger partial charge in [0, 0.05) is 16.7 Å². The van der Waals surface area contributed by atoms with E-state index in [2.05, 4.69) is 4.98 Å². The number of carbonyl (C=O) groups excluding carboxylic acids is 1. The molecule has 1 N–H and O–H groups in total. The van der Waals surface area contributed by atoms with E-state index in [1.54, 1.807) is 4.72 Å². The van der Waals surface area contributed by atoms with Crippen molar-refractivity contribution in [1.29, 1.82) is 0 Å². The Hall–Kier alpha value is -2.10. The highest BCUT2D eigenvalue weighted by molar-refractivity contribution is 7.89. The molecule has 2 rings (SSSR count). The molecule has 0 aliphatic rings. The summed E-state index contributed by atoms with van der Waals surface area (Å²) in [7, 11) is -2.42. The molecule has 0 unspecified atom stereocenters. The molecule has 1 amide bonds. The van der Waals surface area contributed by atoms with Crippen LogP contribution < -0.4 is 14.2 Å². The van der Waals surface area contributed by atoms with Crippen molar-refractivity contribution >= 4 is 39.1 Å². The molecule has 0 atom stereocenters. The van der Waals surface area contributed by atoms with Gasteiger partial charge in [0.25, 0.3) is 5.91 Å². The Morgan fingerprint density at radius 1 is 1.27 bits per heavy atom. The second kappa shape index (κ2) is 8.07. The van der Waals surface area contributed by atoms with E-state index in [-0.39, 0.29) is 28.1 Å². The summed E-state index contributed by atoms with van der Waals surface area (Å²) < 4.78 is 48.3. The van der Waals surface area contributed by atoms with Crippen LogP contribution >= 0.6 is 23.2 Å². The normalized spacial score (nSPS) is 11.1. The van der Waals surface area contributed by atoms with Crippen LogP contribution in [0.1, 0.15) is 15.9 Å². The van der Waals surface area contributed by atoms with Gasteiger partial charge < -0.3 is 9.47 Å². The number of carbonyl (C=O) groups is 1. The number of aromatic nitrogens is 1. The van der Waals surface area contributed by atoms with Crippen molar-refractivity contribution in [2.24, 2.45) is 0 Å². The van der Waals surface area contributed by atoms with Crippen LogP contribution in [-0.4, -0.2) is 32.7 Å². The minimum Gasteiger partial charge on any atom is -0.487 e. The maximum absolute atomic E-state index is 14.1. The second-order valence-corrected chi connectivity index (χ2v) is 7.64. The van der Waals surface area contributed by atoms with Crippen molar-refractivity contribution in [3.63, 3.8) is 0 Å². The highest BCUT2D eigenvalue weighted by atomic mass is 35.5. The van der Waals surface area contributed by atoms with Gasteiger partial charge in [0.2, 0.25) is 15.9 Å². The molecule has 0 bridgehead atoms. The van der Waals surface area contributed by atoms with Crippen LogP contribution in [0.5, 0.6) is 11.6 Å². The predicted octanol–water partition coefficient (Wildman–Crippen LogP) is 2.80. The smallest absolute Gasteiger partial charge is 0.267 e. The van der Waals surface area contributed by atoms with Gasteiger partial charge in [0.05, 0.1) is 25.1 Å². The number of ether oxygens (including phenoxy) is 2. The number of halogens is 3. The number of hydrogen-bond donors (Lipinski definition) is 1. The van der Waals surface area contributed by atoms with Crippen LogP contribution in [0.25, 0.3) is 0 Å². The summed E-state index contributed by atoms with van der Waals surface area (Å²) in [4.78, 5) is 15.7. The Labute approximate surface area is 159 Å². The molecular weight excluding hydrogens is 410 g/mol. The molecule has 1 aromatic carbocycles. The van der Waals surface area contributed by atoms with Gasteiger partial charge in [-0.2, -0.15) is 0 Å². The van der Waals surface area contributed by atoms with Gasteiger partial charge in [-0.05, 0) is 12.1 Å². The highest BCUT2D eigenvalue weighted by Gasteiger charge is 2.18. The summed E-state index contributed by atoms with van der Waals surface area (Å²) in [5.74, 6) is -1.54. The van der Waals surface area contributed by atoms with Crippen LogP contribution in [0.4, 0.5) is 4.39 Å². The standard InChI is InChI=1S/C15H13Cl2FN2O5S/c1-24-15-12(17)4-9(6-19-15)25-7-8-3-13(18)10(5-11(8)16)14(21)20-26(2,22)23/h3-6H,7H2,1-2H3,(H,20,21). The first kappa shape index (κ1) is 20.2. The van der Waals surface area contributed by atoms with Gasteiger partial charge in [-0.1, -0.05) is 23.2 Å². The lowest BCUT2D eigenvalue weighted by molar-refractivity contribution is 0.0977. The number of sulfonamides is 1. The van der Waals surface area contributed by atoms with Crippen molar-refractivity contribution in [1.82, 2.24) is 9.71 Å². The quantitative estimate of drug-likeness (QED) is 0.768. The fraction of sp³-hybridized carbons (Fsp3) is 0.200. The number of rotatable bonds is 6. The number of amides is 1. The molecule has 140 valence electrons. The molecule has 2 aromatic rings. The number of pyridine rings is 1. The van der Waals surface area contributed by atoms with Gasteiger partial charge >= 0.3 is 0 Å². The lowest BCUT2D eigenvalue weighted by Gasteiger charge is -2.11.